The van der Waals surface area contributed by atoms with Gasteiger partial charge in [-0.3, -0.25) is 4.21 Å². The molecule has 0 saturated carbocycles. The second kappa shape index (κ2) is 65.7. The van der Waals surface area contributed by atoms with E-state index in [1.807, 2.05) is 44.6 Å². The van der Waals surface area contributed by atoms with Gasteiger partial charge in [-0.25, -0.2) is 13.2 Å². The van der Waals surface area contributed by atoms with Crippen LogP contribution in [0.4, 0.5) is 26.3 Å². The molecule has 610 valence electrons. The quantitative estimate of drug-likeness (QED) is 0.127. The number of cyclic esters (lactones) is 1. The van der Waals surface area contributed by atoms with Crippen molar-refractivity contribution in [1.29, 1.82) is 0 Å². The summed E-state index contributed by atoms with van der Waals surface area (Å²) < 4.78 is 108. The van der Waals surface area contributed by atoms with Crippen LogP contribution in [0.5, 0.6) is 0 Å². The van der Waals surface area contributed by atoms with Crippen molar-refractivity contribution < 1.29 is 58.0 Å². The average molecular weight is 1500 g/mol. The number of hydrogen-bond acceptors (Lipinski definition) is 8. The van der Waals surface area contributed by atoms with E-state index < -0.39 is 44.0 Å². The van der Waals surface area contributed by atoms with Gasteiger partial charge in [-0.05, 0) is 120 Å². The molecule has 5 rings (SSSR count). The lowest BCUT2D eigenvalue weighted by atomic mass is 9.81. The zero-order chi connectivity index (χ0) is 72.1. The van der Waals surface area contributed by atoms with Crippen molar-refractivity contribution in [2.45, 2.75) is 328 Å². The molecule has 1 aliphatic heterocycles. The fourth-order valence-corrected chi connectivity index (χ4v) is 5.55. The maximum absolute atomic E-state index is 11.6. The van der Waals surface area contributed by atoms with Crippen molar-refractivity contribution in [3.63, 3.8) is 0 Å². The first kappa shape index (κ1) is 146. The number of fused-ring (bicyclic) bond motifs is 1. The van der Waals surface area contributed by atoms with Gasteiger partial charge in [-0.15, -0.1) is 0 Å². The summed E-state index contributed by atoms with van der Waals surface area (Å²) in [6.07, 6.45) is 0.441. The zero-order valence-electron chi connectivity index (χ0n) is 61.4. The Balaban J connectivity index is -0.0000000431. The summed E-state index contributed by atoms with van der Waals surface area (Å²) in [5.74, 6) is -0.0457. The SMILES string of the molecule is C.C.C.C.C.C.C.C.C.C.C.C.CC(C)(C(F)(F)F)C(F)(F)F.CC(C)(C)C.CC(C)(C)c1ccc(C(C)(C)C)cc1.CC(C)(C)c1cccc(C(C)(C)C)c1.CC(C)(C)c1ccccc1.CC(C)=O.CC1(C)OC(=O)c2ccccc21.CCC.COC.CS(C)(=O)=O.CS(C)=O.CSC. The molecule has 0 bridgehead atoms. The molecule has 0 saturated heterocycles. The van der Waals surface area contributed by atoms with E-state index in [9.17, 15) is 48.6 Å². The average Bonchev–Trinajstić information content (AvgIpc) is 3.69. The van der Waals surface area contributed by atoms with Crippen molar-refractivity contribution in [3.8, 4) is 0 Å². The number of rotatable bonds is 0. The Hall–Kier alpha value is -3.99. The first-order valence-electron chi connectivity index (χ1n) is 29.3. The molecule has 100 heavy (non-hydrogen) atoms. The number of halogens is 6. The van der Waals surface area contributed by atoms with Gasteiger partial charge in [-0.2, -0.15) is 38.1 Å². The monoisotopic (exact) mass is 1500 g/mol. The number of sulfone groups is 1. The van der Waals surface area contributed by atoms with Gasteiger partial charge >= 0.3 is 18.3 Å². The van der Waals surface area contributed by atoms with Crippen LogP contribution < -0.4 is 0 Å². The maximum Gasteiger partial charge on any atom is 0.402 e. The highest BCUT2D eigenvalue weighted by atomic mass is 32.2. The van der Waals surface area contributed by atoms with E-state index in [1.165, 1.54) is 48.1 Å². The van der Waals surface area contributed by atoms with Crippen LogP contribution in [0, 0.1) is 10.8 Å². The molecule has 1 heterocycles. The van der Waals surface area contributed by atoms with Gasteiger partial charge in [0.15, 0.2) is 5.41 Å². The summed E-state index contributed by atoms with van der Waals surface area (Å²) in [5.41, 5.74) is 6.47. The minimum atomic E-state index is -5.24. The highest BCUT2D eigenvalue weighted by molar-refractivity contribution is 7.97. The first-order valence-corrected chi connectivity index (χ1v) is 35.2. The molecular weight excluding hydrogens is 1330 g/mol. The van der Waals surface area contributed by atoms with Crippen molar-refractivity contribution in [3.05, 3.63) is 142 Å². The van der Waals surface area contributed by atoms with Gasteiger partial charge < -0.3 is 14.3 Å². The summed E-state index contributed by atoms with van der Waals surface area (Å²) in [7, 11) is -0.0278. The van der Waals surface area contributed by atoms with E-state index in [0.29, 0.717) is 16.4 Å². The van der Waals surface area contributed by atoms with E-state index in [-0.39, 0.29) is 136 Å². The van der Waals surface area contributed by atoms with Gasteiger partial charge in [0.05, 0.1) is 5.56 Å². The van der Waals surface area contributed by atoms with Crippen molar-refractivity contribution in [1.82, 2.24) is 0 Å². The number of alkyl halides is 6. The van der Waals surface area contributed by atoms with E-state index in [0.717, 1.165) is 18.1 Å². The third-order valence-electron chi connectivity index (χ3n) is 10.4. The van der Waals surface area contributed by atoms with Crippen LogP contribution in [0.15, 0.2) is 103 Å². The third kappa shape index (κ3) is 84.7. The maximum atomic E-state index is 11.6. The number of esters is 1. The van der Waals surface area contributed by atoms with Crippen molar-refractivity contribution >= 4 is 44.2 Å². The number of Topliss-reactive ketones (excluding diaryl/α,β-unsaturated/α-hetero) is 1. The van der Waals surface area contributed by atoms with Crippen LogP contribution >= 0.6 is 11.8 Å². The summed E-state index contributed by atoms with van der Waals surface area (Å²) in [4.78, 5) is 20.7. The highest BCUT2D eigenvalue weighted by Gasteiger charge is 2.64. The van der Waals surface area contributed by atoms with Gasteiger partial charge in [0.2, 0.25) is 0 Å². The number of thioether (sulfide) groups is 1. The second-order valence-corrected chi connectivity index (χ2v) is 33.7. The van der Waals surface area contributed by atoms with Gasteiger partial charge in [0.1, 0.15) is 21.2 Å². The topological polar surface area (TPSA) is 104 Å². The first-order chi connectivity index (χ1) is 38.8. The van der Waals surface area contributed by atoms with Crippen LogP contribution in [-0.4, -0.2) is 88.5 Å². The zero-order valence-corrected chi connectivity index (χ0v) is 63.8. The Morgan fingerprint density at radius 1 is 0.470 bits per heavy atom. The van der Waals surface area contributed by atoms with Crippen LogP contribution in [0.25, 0.3) is 0 Å². The van der Waals surface area contributed by atoms with E-state index in [4.69, 9.17) is 4.74 Å². The van der Waals surface area contributed by atoms with Crippen LogP contribution in [0.2, 0.25) is 0 Å². The third-order valence-corrected chi connectivity index (χ3v) is 10.4. The number of hydrogen-bond donors (Lipinski definition) is 0. The molecule has 0 spiro atoms. The Bertz CT molecular complexity index is 2470. The van der Waals surface area contributed by atoms with Crippen molar-refractivity contribution in [2.75, 3.05) is 51.8 Å². The molecule has 0 radical (unpaired) electrons. The molecule has 0 fully saturated rings. The van der Waals surface area contributed by atoms with Crippen molar-refractivity contribution in [2.24, 2.45) is 10.8 Å². The second-order valence-electron chi connectivity index (χ2n) is 29.2. The molecule has 0 aromatic heterocycles. The smallest absolute Gasteiger partial charge is 0.402 e. The Kier molecular flexibility index (Phi) is 96.1. The van der Waals surface area contributed by atoms with E-state index in [2.05, 4.69) is 229 Å². The normalized spacial score (nSPS) is 11.0. The predicted molar refractivity (Wildman–Crippen MR) is 455 cm³/mol. The summed E-state index contributed by atoms with van der Waals surface area (Å²) in [6.45, 7) is 53.8. The molecule has 0 atom stereocenters. The van der Waals surface area contributed by atoms with E-state index in [1.54, 1.807) is 44.6 Å². The largest absolute Gasteiger partial charge is 0.451 e. The predicted octanol–water partition coefficient (Wildman–Crippen LogP) is 29.4. The highest BCUT2D eigenvalue weighted by Crippen LogP contribution is 2.49. The minimum absolute atomic E-state index is 0. The lowest BCUT2D eigenvalue weighted by molar-refractivity contribution is -0.327. The van der Waals surface area contributed by atoms with Crippen LogP contribution in [0.1, 0.15) is 326 Å². The number of ketones is 1. The molecule has 0 N–H and O–H groups in total. The minimum Gasteiger partial charge on any atom is -0.451 e. The van der Waals surface area contributed by atoms with Crippen LogP contribution in [0.3, 0.4) is 0 Å². The molecule has 0 unspecified atom stereocenters. The van der Waals surface area contributed by atoms with E-state index >= 15 is 0 Å². The standard InChI is InChI=1S/2C14H22.C10H10O2.C10H14.C5H6F6.C5H12.C3H6O.C3H8.C2H6O2S.C2H6OS.C2H6O.C2H6S.12CH4/c1-13(2,3)11-7-9-12(10-8-11)14(4,5)6;1-13(2,3)11-8-7-9-12(10-11)14(4,5)6;1-10(2)8-6-4-3-5-7(8)9(11)12-10;1-10(2,3)9-7-5-4-6-8-9;1-3(2,4(6,7)8)5(9,10)11;1-5(2,3)4;1-3(2)4;1-3-2;1-5(2,3)4;1-4(2)3;2*1-3-2;;;;;;;;;;;;/h2*7-10H,1-6H3;3-6H,1-2H3;4-8H,1-3H3;1-2H3;1-4H3;1-2H3;3H2,1-2H3;1-2H3;1-2H3;2*1-2H3;12*1H4. The summed E-state index contributed by atoms with van der Waals surface area (Å²) >= 11 is 1.75. The molecule has 16 heteroatoms. The fraction of sp³-hybridized carbons (Fsp3) is 0.690. The number of benzene rings is 4. The van der Waals surface area contributed by atoms with Gasteiger partial charge in [0.25, 0.3) is 0 Å². The molecule has 0 aliphatic carbocycles. The summed E-state index contributed by atoms with van der Waals surface area (Å²) in [6, 6.07) is 36.0. The Morgan fingerprint density at radius 3 is 0.820 bits per heavy atom. The number of carbonyl (C=O) groups is 2. The molecular formula is C84H172F6O7S3. The summed E-state index contributed by atoms with van der Waals surface area (Å²) in [5, 5.41) is 0. The lowest BCUT2D eigenvalue weighted by Crippen LogP contribution is -2.44. The van der Waals surface area contributed by atoms with Crippen LogP contribution in [-0.2, 0) is 67.6 Å². The molecule has 0 amide bonds. The number of ether oxygens (including phenoxy) is 2. The molecule has 1 aliphatic rings. The molecule has 7 nitrogen and oxygen atoms in total. The number of carbonyl (C=O) groups excluding carboxylic acids is 2. The Labute approximate surface area is 630 Å². The van der Waals surface area contributed by atoms with Gasteiger partial charge in [0, 0.05) is 55.6 Å². The fourth-order valence-electron chi connectivity index (χ4n) is 5.55. The molecule has 4 aromatic carbocycles. The van der Waals surface area contributed by atoms with Gasteiger partial charge in [-0.1, -0.05) is 338 Å². The lowest BCUT2D eigenvalue weighted by Gasteiger charge is -2.29. The number of methoxy groups -OCH3 is 1. The molecule has 4 aromatic rings. The Morgan fingerprint density at radius 2 is 0.650 bits per heavy atom.